The van der Waals surface area contributed by atoms with Crippen LogP contribution in [0.1, 0.15) is 10.4 Å². The van der Waals surface area contributed by atoms with Crippen molar-refractivity contribution in [1.82, 2.24) is 4.98 Å². The van der Waals surface area contributed by atoms with Crippen molar-refractivity contribution in [2.75, 3.05) is 9.80 Å². The van der Waals surface area contributed by atoms with Crippen LogP contribution in [0.2, 0.25) is 0 Å². The highest BCUT2D eigenvalue weighted by Crippen LogP contribution is 2.55. The Morgan fingerprint density at radius 2 is 1.04 bits per heavy atom. The maximum Gasteiger partial charge on any atom is 0.335 e. The van der Waals surface area contributed by atoms with Crippen molar-refractivity contribution in [3.63, 3.8) is 0 Å². The molecule has 5 nitrogen and oxygen atoms in total. The van der Waals surface area contributed by atoms with Crippen LogP contribution >= 0.6 is 0 Å². The maximum atomic E-state index is 11.7. The highest BCUT2D eigenvalue weighted by atomic mass is 16.4. The summed E-state index contributed by atoms with van der Waals surface area (Å²) in [6.45, 7) is 0. The number of aromatic carboxylic acids is 1. The average Bonchev–Trinajstić information content (AvgIpc) is 3.16. The van der Waals surface area contributed by atoms with Gasteiger partial charge in [-0.05, 0) is 82.6 Å². The van der Waals surface area contributed by atoms with Crippen LogP contribution in [0.5, 0.6) is 0 Å². The third kappa shape index (κ3) is 4.71. The molecule has 0 bridgehead atoms. The molecule has 1 N–H and O–H groups in total. The molecule has 0 aliphatic carbocycles. The van der Waals surface area contributed by atoms with Gasteiger partial charge in [-0.25, -0.2) is 9.78 Å². The van der Waals surface area contributed by atoms with Gasteiger partial charge in [0.15, 0.2) is 0 Å². The maximum absolute atomic E-state index is 11.7. The number of rotatable bonds is 5. The third-order valence-corrected chi connectivity index (χ3v) is 9.31. The summed E-state index contributed by atoms with van der Waals surface area (Å²) in [6.07, 6.45) is 0. The van der Waals surface area contributed by atoms with Crippen molar-refractivity contribution in [1.29, 1.82) is 0 Å². The fraction of sp³-hybridized carbons (Fsp3) is 0. The summed E-state index contributed by atoms with van der Waals surface area (Å²) in [7, 11) is 0. The number of pyridine rings is 1. The second kappa shape index (κ2) is 11.5. The van der Waals surface area contributed by atoms with Crippen molar-refractivity contribution in [3.8, 4) is 22.4 Å². The summed E-state index contributed by atoms with van der Waals surface area (Å²) in [4.78, 5) is 21.7. The van der Waals surface area contributed by atoms with E-state index in [9.17, 15) is 9.90 Å². The van der Waals surface area contributed by atoms with Gasteiger partial charge in [-0.3, -0.25) is 0 Å². The Morgan fingerprint density at radius 1 is 0.490 bits per heavy atom. The summed E-state index contributed by atoms with van der Waals surface area (Å²) in [5.41, 5.74) is 11.1. The summed E-state index contributed by atoms with van der Waals surface area (Å²) in [5.74, 6) is -0.955. The molecule has 0 spiro atoms. The number of nitrogens with zero attached hydrogens (tertiary/aromatic N) is 3. The second-order valence-corrected chi connectivity index (χ2v) is 12.1. The molecule has 0 saturated carbocycles. The number of benzene rings is 7. The van der Waals surface area contributed by atoms with Crippen molar-refractivity contribution in [2.45, 2.75) is 0 Å². The number of hydrogen-bond donors (Lipinski definition) is 1. The molecule has 5 heteroatoms. The molecule has 2 heterocycles. The lowest BCUT2D eigenvalue weighted by atomic mass is 9.93. The normalized spacial score (nSPS) is 12.2. The number of fused-ring (bicyclic) bond motifs is 4. The first-order valence-corrected chi connectivity index (χ1v) is 16.2. The van der Waals surface area contributed by atoms with Crippen LogP contribution in [0.15, 0.2) is 170 Å². The van der Waals surface area contributed by atoms with E-state index in [-0.39, 0.29) is 5.56 Å². The molecule has 0 saturated heterocycles. The third-order valence-electron chi connectivity index (χ3n) is 9.31. The first-order chi connectivity index (χ1) is 24.2. The number of hydrogen-bond acceptors (Lipinski definition) is 4. The zero-order chi connectivity index (χ0) is 32.9. The molecule has 1 aliphatic rings. The van der Waals surface area contributed by atoms with Gasteiger partial charge < -0.3 is 14.9 Å². The molecule has 9 rings (SSSR count). The van der Waals surface area contributed by atoms with Crippen LogP contribution < -0.4 is 9.80 Å². The SMILES string of the molecule is O=C(O)c1ccc(-c2cc(-c3cccc4ccccc34)c3cccc(N4c5ccccc5N(c5ccccc5)c5ccccc54)c3n2)cc1. The van der Waals surface area contributed by atoms with Crippen molar-refractivity contribution in [2.24, 2.45) is 0 Å². The minimum absolute atomic E-state index is 0.240. The summed E-state index contributed by atoms with van der Waals surface area (Å²) in [5, 5.41) is 12.9. The van der Waals surface area contributed by atoms with Crippen LogP contribution in [0, 0.1) is 0 Å². The van der Waals surface area contributed by atoms with Crippen molar-refractivity contribution >= 4 is 61.8 Å². The largest absolute Gasteiger partial charge is 0.478 e. The molecule has 0 fully saturated rings. The minimum Gasteiger partial charge on any atom is -0.478 e. The second-order valence-electron chi connectivity index (χ2n) is 12.1. The zero-order valence-electron chi connectivity index (χ0n) is 26.4. The van der Waals surface area contributed by atoms with Gasteiger partial charge in [0.1, 0.15) is 0 Å². The van der Waals surface area contributed by atoms with Crippen LogP contribution in [-0.4, -0.2) is 16.1 Å². The Kier molecular flexibility index (Phi) is 6.69. The van der Waals surface area contributed by atoms with Crippen LogP contribution in [0.4, 0.5) is 34.1 Å². The Bertz CT molecular complexity index is 2490. The lowest BCUT2D eigenvalue weighted by Gasteiger charge is -2.40. The van der Waals surface area contributed by atoms with Gasteiger partial charge in [-0.15, -0.1) is 0 Å². The summed E-state index contributed by atoms with van der Waals surface area (Å²) in [6, 6.07) is 57.8. The van der Waals surface area contributed by atoms with E-state index in [4.69, 9.17) is 4.98 Å². The molecule has 0 radical (unpaired) electrons. The number of para-hydroxylation sites is 6. The molecule has 232 valence electrons. The van der Waals surface area contributed by atoms with Gasteiger partial charge in [0.2, 0.25) is 0 Å². The Labute approximate surface area is 283 Å². The molecule has 49 heavy (non-hydrogen) atoms. The summed E-state index contributed by atoms with van der Waals surface area (Å²) >= 11 is 0. The number of anilines is 6. The predicted molar refractivity (Wildman–Crippen MR) is 200 cm³/mol. The number of carbonyl (C=O) groups is 1. The lowest BCUT2D eigenvalue weighted by molar-refractivity contribution is 0.0697. The van der Waals surface area contributed by atoms with Gasteiger partial charge in [-0.1, -0.05) is 109 Å². The molecular weight excluding hydrogens is 603 g/mol. The van der Waals surface area contributed by atoms with Gasteiger partial charge >= 0.3 is 5.97 Å². The molecule has 1 aliphatic heterocycles. The van der Waals surface area contributed by atoms with E-state index in [1.165, 1.54) is 0 Å². The van der Waals surface area contributed by atoms with E-state index >= 15 is 0 Å². The highest BCUT2D eigenvalue weighted by Gasteiger charge is 2.31. The summed E-state index contributed by atoms with van der Waals surface area (Å²) < 4.78 is 0. The van der Waals surface area contributed by atoms with E-state index in [1.54, 1.807) is 12.1 Å². The average molecular weight is 632 g/mol. The van der Waals surface area contributed by atoms with Crippen molar-refractivity contribution in [3.05, 3.63) is 175 Å². The van der Waals surface area contributed by atoms with Crippen LogP contribution in [0.25, 0.3) is 44.1 Å². The quantitative estimate of drug-likeness (QED) is 0.205. The molecule has 0 unspecified atom stereocenters. The number of carboxylic acids is 1. The Morgan fingerprint density at radius 3 is 1.73 bits per heavy atom. The van der Waals surface area contributed by atoms with E-state index in [0.29, 0.717) is 0 Å². The molecule has 1 aromatic heterocycles. The molecule has 0 amide bonds. The van der Waals surface area contributed by atoms with Crippen LogP contribution in [0.3, 0.4) is 0 Å². The van der Waals surface area contributed by atoms with Gasteiger partial charge in [0.25, 0.3) is 0 Å². The molecule has 8 aromatic rings. The van der Waals surface area contributed by atoms with Gasteiger partial charge in [0.05, 0.1) is 45.2 Å². The monoisotopic (exact) mass is 631 g/mol. The topological polar surface area (TPSA) is 56.7 Å². The fourth-order valence-corrected chi connectivity index (χ4v) is 7.09. The van der Waals surface area contributed by atoms with E-state index in [0.717, 1.165) is 78.2 Å². The first-order valence-electron chi connectivity index (χ1n) is 16.2. The highest BCUT2D eigenvalue weighted by molar-refractivity contribution is 6.11. The fourth-order valence-electron chi connectivity index (χ4n) is 7.09. The molecule has 7 aromatic carbocycles. The van der Waals surface area contributed by atoms with Crippen LogP contribution in [-0.2, 0) is 0 Å². The molecular formula is C44H29N3O2. The first kappa shape index (κ1) is 28.5. The van der Waals surface area contributed by atoms with Gasteiger partial charge in [0, 0.05) is 16.6 Å². The predicted octanol–water partition coefficient (Wildman–Crippen LogP) is 11.7. The smallest absolute Gasteiger partial charge is 0.335 e. The number of aromatic nitrogens is 1. The van der Waals surface area contributed by atoms with Gasteiger partial charge in [-0.2, -0.15) is 0 Å². The molecule has 0 atom stereocenters. The standard InChI is InChI=1S/C44H29N3O2/c48-44(49)31-26-24-30(25-27-31)37-28-36(34-17-10-13-29-12-4-5-16-33(29)34)35-18-11-23-42(43(35)45-37)47-40-21-8-6-19-38(40)46(32-14-2-1-3-15-32)39-20-7-9-22-41(39)47/h1-28H,(H,48,49). The number of carboxylic acid groups (broad SMARTS) is 1. The minimum atomic E-state index is -0.955. The van der Waals surface area contributed by atoms with E-state index in [2.05, 4.69) is 149 Å². The van der Waals surface area contributed by atoms with E-state index in [1.807, 2.05) is 18.2 Å². The van der Waals surface area contributed by atoms with Crippen molar-refractivity contribution < 1.29 is 9.90 Å². The Balaban J connectivity index is 1.34. The zero-order valence-corrected chi connectivity index (χ0v) is 26.4. The lowest BCUT2D eigenvalue weighted by Crippen LogP contribution is -2.24. The van der Waals surface area contributed by atoms with E-state index < -0.39 is 5.97 Å². The Hall–Kier alpha value is -6.72.